The molecule has 4 rings (SSSR count). The van der Waals surface area contributed by atoms with Gasteiger partial charge >= 0.3 is 0 Å². The summed E-state index contributed by atoms with van der Waals surface area (Å²) in [5.74, 6) is 0.325. The number of ether oxygens (including phenoxy) is 1. The van der Waals surface area contributed by atoms with E-state index >= 15 is 0 Å². The number of phenolic OH excluding ortho intramolecular Hbond substituents is 1. The Morgan fingerprint density at radius 2 is 1.79 bits per heavy atom. The van der Waals surface area contributed by atoms with Crippen LogP contribution in [0.3, 0.4) is 0 Å². The highest BCUT2D eigenvalue weighted by Crippen LogP contribution is 2.39. The fourth-order valence-corrected chi connectivity index (χ4v) is 3.45. The Bertz CT molecular complexity index is 871. The largest absolute Gasteiger partial charge is 0.508 e. The first-order valence-corrected chi connectivity index (χ1v) is 8.17. The number of phenols is 1. The van der Waals surface area contributed by atoms with Crippen LogP contribution in [0.15, 0.2) is 48.7 Å². The first-order valence-electron chi connectivity index (χ1n) is 8.17. The van der Waals surface area contributed by atoms with Crippen LogP contribution in [0.4, 0.5) is 4.39 Å². The number of benzene rings is 2. The average molecular weight is 323 g/mol. The molecule has 3 aromatic rings. The Morgan fingerprint density at radius 1 is 1.04 bits per heavy atom. The smallest absolute Gasteiger partial charge is 0.123 e. The standard InChI is InChI=1S/C20H18FNO2/c21-15-3-1-14(2-4-15)20-17-6-5-16(23)11-19(17)22-12-18(20)13-7-9-24-10-8-13/h1-6,11-13,23H,7-10H2. The molecular weight excluding hydrogens is 305 g/mol. The van der Waals surface area contributed by atoms with Gasteiger partial charge in [-0.15, -0.1) is 0 Å². The van der Waals surface area contributed by atoms with Crippen molar-refractivity contribution < 1.29 is 14.2 Å². The van der Waals surface area contributed by atoms with E-state index in [1.807, 2.05) is 12.3 Å². The average Bonchev–Trinajstić information content (AvgIpc) is 2.62. The Hall–Kier alpha value is -2.46. The molecule has 0 saturated carbocycles. The monoisotopic (exact) mass is 323 g/mol. The predicted octanol–water partition coefficient (Wildman–Crippen LogP) is 4.64. The lowest BCUT2D eigenvalue weighted by Gasteiger charge is -2.25. The summed E-state index contributed by atoms with van der Waals surface area (Å²) in [4.78, 5) is 4.55. The molecule has 0 unspecified atom stereocenters. The Balaban J connectivity index is 1.95. The third-order valence-corrected chi connectivity index (χ3v) is 4.68. The number of aromatic nitrogens is 1. The zero-order valence-corrected chi connectivity index (χ0v) is 13.2. The number of nitrogens with zero attached hydrogens (tertiary/aromatic N) is 1. The van der Waals surface area contributed by atoms with Gasteiger partial charge in [0.25, 0.3) is 0 Å². The van der Waals surface area contributed by atoms with Crippen molar-refractivity contribution >= 4 is 10.9 Å². The number of hydrogen-bond donors (Lipinski definition) is 1. The van der Waals surface area contributed by atoms with Crippen LogP contribution in [0, 0.1) is 5.82 Å². The number of hydrogen-bond acceptors (Lipinski definition) is 3. The van der Waals surface area contributed by atoms with Crippen LogP contribution < -0.4 is 0 Å². The first-order chi connectivity index (χ1) is 11.7. The number of fused-ring (bicyclic) bond motifs is 1. The summed E-state index contributed by atoms with van der Waals surface area (Å²) in [7, 11) is 0. The molecule has 1 aromatic heterocycles. The van der Waals surface area contributed by atoms with E-state index in [-0.39, 0.29) is 11.6 Å². The van der Waals surface area contributed by atoms with Gasteiger partial charge in [-0.05, 0) is 59.7 Å². The van der Waals surface area contributed by atoms with Crippen molar-refractivity contribution in [3.05, 3.63) is 60.0 Å². The third-order valence-electron chi connectivity index (χ3n) is 4.68. The van der Waals surface area contributed by atoms with E-state index in [0.29, 0.717) is 5.92 Å². The molecule has 24 heavy (non-hydrogen) atoms. The summed E-state index contributed by atoms with van der Waals surface area (Å²) in [6.07, 6.45) is 3.81. The molecule has 122 valence electrons. The fourth-order valence-electron chi connectivity index (χ4n) is 3.45. The van der Waals surface area contributed by atoms with E-state index < -0.39 is 0 Å². The first kappa shape index (κ1) is 15.1. The number of halogens is 1. The Kier molecular flexibility index (Phi) is 3.90. The number of pyridine rings is 1. The molecule has 2 aromatic carbocycles. The van der Waals surface area contributed by atoms with Crippen molar-refractivity contribution in [2.75, 3.05) is 13.2 Å². The second kappa shape index (κ2) is 6.21. The predicted molar refractivity (Wildman–Crippen MR) is 91.6 cm³/mol. The lowest BCUT2D eigenvalue weighted by atomic mass is 9.85. The maximum absolute atomic E-state index is 13.4. The number of rotatable bonds is 2. The molecule has 0 aliphatic carbocycles. The van der Waals surface area contributed by atoms with Crippen LogP contribution in [0.5, 0.6) is 5.75 Å². The minimum absolute atomic E-state index is 0.193. The molecule has 0 radical (unpaired) electrons. The zero-order valence-electron chi connectivity index (χ0n) is 13.2. The van der Waals surface area contributed by atoms with Gasteiger partial charge in [0.1, 0.15) is 11.6 Å². The van der Waals surface area contributed by atoms with E-state index in [9.17, 15) is 9.50 Å². The highest BCUT2D eigenvalue weighted by molar-refractivity contribution is 5.96. The molecule has 0 atom stereocenters. The maximum atomic E-state index is 13.4. The summed E-state index contributed by atoms with van der Waals surface area (Å²) >= 11 is 0. The zero-order chi connectivity index (χ0) is 16.5. The van der Waals surface area contributed by atoms with Gasteiger partial charge in [-0.3, -0.25) is 4.98 Å². The second-order valence-corrected chi connectivity index (χ2v) is 6.18. The van der Waals surface area contributed by atoms with Gasteiger partial charge in [-0.2, -0.15) is 0 Å². The minimum Gasteiger partial charge on any atom is -0.508 e. The van der Waals surface area contributed by atoms with E-state index in [1.165, 1.54) is 17.7 Å². The van der Waals surface area contributed by atoms with Crippen LogP contribution in [0.1, 0.15) is 24.3 Å². The summed E-state index contributed by atoms with van der Waals surface area (Å²) < 4.78 is 18.8. The van der Waals surface area contributed by atoms with Crippen LogP contribution in [0.2, 0.25) is 0 Å². The molecule has 1 fully saturated rings. The van der Waals surface area contributed by atoms with Gasteiger partial charge in [0.05, 0.1) is 5.52 Å². The molecule has 2 heterocycles. The number of aromatic hydroxyl groups is 1. The molecule has 4 heteroatoms. The third kappa shape index (κ3) is 2.74. The van der Waals surface area contributed by atoms with Crippen LogP contribution in [-0.2, 0) is 4.74 Å². The summed E-state index contributed by atoms with van der Waals surface area (Å²) in [6, 6.07) is 11.8. The van der Waals surface area contributed by atoms with E-state index in [0.717, 1.165) is 48.1 Å². The minimum atomic E-state index is -0.248. The highest BCUT2D eigenvalue weighted by Gasteiger charge is 2.22. The molecule has 1 saturated heterocycles. The molecule has 0 bridgehead atoms. The maximum Gasteiger partial charge on any atom is 0.123 e. The fraction of sp³-hybridized carbons (Fsp3) is 0.250. The van der Waals surface area contributed by atoms with Crippen molar-refractivity contribution in [3.8, 4) is 16.9 Å². The van der Waals surface area contributed by atoms with Crippen molar-refractivity contribution in [1.29, 1.82) is 0 Å². The van der Waals surface area contributed by atoms with Crippen LogP contribution >= 0.6 is 0 Å². The summed E-state index contributed by atoms with van der Waals surface area (Å²) in [6.45, 7) is 1.50. The molecule has 0 amide bonds. The van der Waals surface area contributed by atoms with Gasteiger partial charge in [0, 0.05) is 30.9 Å². The van der Waals surface area contributed by atoms with Gasteiger partial charge in [-0.25, -0.2) is 4.39 Å². The topological polar surface area (TPSA) is 42.4 Å². The van der Waals surface area contributed by atoms with Crippen molar-refractivity contribution in [3.63, 3.8) is 0 Å². The van der Waals surface area contributed by atoms with E-state index in [4.69, 9.17) is 4.74 Å². The lowest BCUT2D eigenvalue weighted by molar-refractivity contribution is 0.0854. The Morgan fingerprint density at radius 3 is 2.54 bits per heavy atom. The van der Waals surface area contributed by atoms with Crippen LogP contribution in [0.25, 0.3) is 22.0 Å². The molecular formula is C20H18FNO2. The van der Waals surface area contributed by atoms with Crippen molar-refractivity contribution in [2.45, 2.75) is 18.8 Å². The van der Waals surface area contributed by atoms with Gasteiger partial charge in [0.2, 0.25) is 0 Å². The van der Waals surface area contributed by atoms with E-state index in [1.54, 1.807) is 24.3 Å². The SMILES string of the molecule is Oc1ccc2c(-c3ccc(F)cc3)c(C3CCOCC3)cnc2c1. The lowest BCUT2D eigenvalue weighted by Crippen LogP contribution is -2.15. The van der Waals surface area contributed by atoms with Gasteiger partial charge in [-0.1, -0.05) is 12.1 Å². The van der Waals surface area contributed by atoms with Gasteiger partial charge < -0.3 is 9.84 Å². The molecule has 1 aliphatic heterocycles. The summed E-state index contributed by atoms with van der Waals surface area (Å²) in [5.41, 5.74) is 3.95. The van der Waals surface area contributed by atoms with Crippen molar-refractivity contribution in [1.82, 2.24) is 4.98 Å². The molecule has 0 spiro atoms. The second-order valence-electron chi connectivity index (χ2n) is 6.18. The Labute approximate surface area is 139 Å². The van der Waals surface area contributed by atoms with Crippen LogP contribution in [-0.4, -0.2) is 23.3 Å². The quantitative estimate of drug-likeness (QED) is 0.747. The molecule has 1 aliphatic rings. The van der Waals surface area contributed by atoms with Crippen molar-refractivity contribution in [2.24, 2.45) is 0 Å². The van der Waals surface area contributed by atoms with E-state index in [2.05, 4.69) is 4.98 Å². The molecule has 3 nitrogen and oxygen atoms in total. The summed E-state index contributed by atoms with van der Waals surface area (Å²) in [5, 5.41) is 10.7. The normalized spacial score (nSPS) is 15.7. The van der Waals surface area contributed by atoms with Gasteiger partial charge in [0.15, 0.2) is 0 Å². The highest BCUT2D eigenvalue weighted by atomic mass is 19.1. The molecule has 1 N–H and O–H groups in total.